The van der Waals surface area contributed by atoms with Crippen LogP contribution in [0.3, 0.4) is 0 Å². The normalized spacial score (nSPS) is 18.1. The maximum atomic E-state index is 12.7. The molecule has 1 aromatic carbocycles. The number of aryl methyl sites for hydroxylation is 1. The average Bonchev–Trinajstić information content (AvgIpc) is 2.64. The van der Waals surface area contributed by atoms with Gasteiger partial charge in [-0.1, -0.05) is 19.9 Å². The van der Waals surface area contributed by atoms with Crippen LogP contribution in [0.15, 0.2) is 18.2 Å². The Kier molecular flexibility index (Phi) is 7.38. The number of rotatable bonds is 7. The number of hydrogen-bond acceptors (Lipinski definition) is 4. The van der Waals surface area contributed by atoms with Crippen LogP contribution in [-0.2, 0) is 19.6 Å². The van der Waals surface area contributed by atoms with Crippen molar-refractivity contribution in [1.29, 1.82) is 0 Å². The highest BCUT2D eigenvalue weighted by atomic mass is 32.2. The summed E-state index contributed by atoms with van der Waals surface area (Å²) in [7, 11) is -3.30. The van der Waals surface area contributed by atoms with Crippen molar-refractivity contribution < 1.29 is 18.0 Å². The second kappa shape index (κ2) is 9.32. The Morgan fingerprint density at radius 3 is 2.63 bits per heavy atom. The van der Waals surface area contributed by atoms with Crippen molar-refractivity contribution in [3.8, 4) is 0 Å². The summed E-state index contributed by atoms with van der Waals surface area (Å²) >= 11 is 0. The highest BCUT2D eigenvalue weighted by Crippen LogP contribution is 2.24. The van der Waals surface area contributed by atoms with E-state index in [1.807, 2.05) is 19.9 Å². The van der Waals surface area contributed by atoms with Crippen molar-refractivity contribution in [2.24, 2.45) is 5.92 Å². The minimum Gasteiger partial charge on any atom is -0.326 e. The molecule has 8 heteroatoms. The van der Waals surface area contributed by atoms with Gasteiger partial charge in [-0.2, -0.15) is 0 Å². The summed E-state index contributed by atoms with van der Waals surface area (Å²) in [5, 5.41) is 5.68. The van der Waals surface area contributed by atoms with Gasteiger partial charge in [-0.15, -0.1) is 0 Å². The number of nitrogens with zero attached hydrogens (tertiary/aromatic N) is 1. The number of benzene rings is 1. The van der Waals surface area contributed by atoms with Crippen LogP contribution in [0.2, 0.25) is 0 Å². The van der Waals surface area contributed by atoms with Gasteiger partial charge in [-0.25, -0.2) is 12.7 Å². The maximum Gasteiger partial charge on any atom is 0.228 e. The summed E-state index contributed by atoms with van der Waals surface area (Å²) in [5.41, 5.74) is 2.13. The Balaban J connectivity index is 2.08. The zero-order valence-electron chi connectivity index (χ0n) is 16.2. The number of anilines is 2. The van der Waals surface area contributed by atoms with Gasteiger partial charge in [0.15, 0.2) is 0 Å². The molecule has 1 unspecified atom stereocenters. The smallest absolute Gasteiger partial charge is 0.228 e. The summed E-state index contributed by atoms with van der Waals surface area (Å²) in [6.45, 7) is 6.18. The summed E-state index contributed by atoms with van der Waals surface area (Å²) in [6.07, 6.45) is 2.27. The third kappa shape index (κ3) is 5.77. The van der Waals surface area contributed by atoms with Crippen LogP contribution < -0.4 is 10.6 Å². The molecule has 2 N–H and O–H groups in total. The van der Waals surface area contributed by atoms with Crippen LogP contribution in [0.4, 0.5) is 11.4 Å². The van der Waals surface area contributed by atoms with E-state index >= 15 is 0 Å². The Morgan fingerprint density at radius 2 is 1.96 bits per heavy atom. The van der Waals surface area contributed by atoms with Crippen molar-refractivity contribution in [2.45, 2.75) is 46.5 Å². The Hall–Kier alpha value is -1.93. The average molecular weight is 396 g/mol. The number of carbonyl (C=O) groups excluding carboxylic acids is 2. The van der Waals surface area contributed by atoms with E-state index in [2.05, 4.69) is 10.6 Å². The molecule has 1 fully saturated rings. The second-order valence-corrected chi connectivity index (χ2v) is 9.02. The highest BCUT2D eigenvalue weighted by molar-refractivity contribution is 7.89. The first-order valence-electron chi connectivity index (χ1n) is 9.46. The van der Waals surface area contributed by atoms with Crippen LogP contribution in [0.25, 0.3) is 0 Å². The van der Waals surface area contributed by atoms with Crippen molar-refractivity contribution in [1.82, 2.24) is 4.31 Å². The zero-order chi connectivity index (χ0) is 20.0. The van der Waals surface area contributed by atoms with Crippen molar-refractivity contribution >= 4 is 33.2 Å². The number of hydrogen-bond donors (Lipinski definition) is 2. The zero-order valence-corrected chi connectivity index (χ0v) is 17.1. The molecule has 0 bridgehead atoms. The lowest BCUT2D eigenvalue weighted by molar-refractivity contribution is -0.121. The van der Waals surface area contributed by atoms with Crippen molar-refractivity contribution in [3.05, 3.63) is 23.8 Å². The maximum absolute atomic E-state index is 12.7. The van der Waals surface area contributed by atoms with Gasteiger partial charge in [0.1, 0.15) is 0 Å². The van der Waals surface area contributed by atoms with Gasteiger partial charge >= 0.3 is 0 Å². The van der Waals surface area contributed by atoms with Crippen LogP contribution >= 0.6 is 0 Å². The Morgan fingerprint density at radius 1 is 1.22 bits per heavy atom. The minimum absolute atomic E-state index is 0.0971. The summed E-state index contributed by atoms with van der Waals surface area (Å²) in [6, 6.07) is 5.35. The first-order valence-corrected chi connectivity index (χ1v) is 11.1. The number of amides is 2. The molecular formula is C19H29N3O4S. The molecule has 150 valence electrons. The molecular weight excluding hydrogens is 366 g/mol. The van der Waals surface area contributed by atoms with Gasteiger partial charge in [-0.05, 0) is 43.9 Å². The van der Waals surface area contributed by atoms with Crippen LogP contribution in [0.1, 0.15) is 45.1 Å². The molecule has 2 amide bonds. The van der Waals surface area contributed by atoms with Gasteiger partial charge in [0.25, 0.3) is 0 Å². The molecule has 1 aliphatic heterocycles. The number of carbonyl (C=O) groups is 2. The predicted molar refractivity (Wildman–Crippen MR) is 107 cm³/mol. The summed E-state index contributed by atoms with van der Waals surface area (Å²) in [4.78, 5) is 24.3. The second-order valence-electron chi connectivity index (χ2n) is 6.93. The fourth-order valence-corrected chi connectivity index (χ4v) is 4.70. The van der Waals surface area contributed by atoms with Crippen LogP contribution in [0, 0.1) is 12.8 Å². The van der Waals surface area contributed by atoms with Gasteiger partial charge in [0, 0.05) is 30.9 Å². The number of piperidine rings is 1. The molecule has 1 heterocycles. The number of sulfonamides is 1. The molecule has 0 aromatic heterocycles. The molecule has 0 saturated carbocycles. The van der Waals surface area contributed by atoms with Gasteiger partial charge in [0.05, 0.1) is 11.7 Å². The predicted octanol–water partition coefficient (Wildman–Crippen LogP) is 2.73. The molecule has 7 nitrogen and oxygen atoms in total. The standard InChI is InChI=1S/C19H29N3O4S/c1-4-11-27(25,26)22-10-6-7-15(13-22)19(24)21-17-12-16(9-8-14(17)3)20-18(23)5-2/h8-9,12,15H,4-7,10-11,13H2,1-3H3,(H,20,23)(H,21,24). The van der Waals surface area contributed by atoms with Gasteiger partial charge < -0.3 is 10.6 Å². The minimum atomic E-state index is -3.30. The van der Waals surface area contributed by atoms with Crippen molar-refractivity contribution in [3.63, 3.8) is 0 Å². The lowest BCUT2D eigenvalue weighted by atomic mass is 9.98. The summed E-state index contributed by atoms with van der Waals surface area (Å²) < 4.78 is 26.0. The molecule has 2 rings (SSSR count). The van der Waals surface area contributed by atoms with E-state index in [1.165, 1.54) is 4.31 Å². The van der Waals surface area contributed by atoms with Crippen LogP contribution in [-0.4, -0.2) is 43.4 Å². The molecule has 0 spiro atoms. The lowest BCUT2D eigenvalue weighted by Crippen LogP contribution is -2.44. The van der Waals surface area contributed by atoms with Crippen molar-refractivity contribution in [2.75, 3.05) is 29.5 Å². The van der Waals surface area contributed by atoms with E-state index in [0.717, 1.165) is 5.56 Å². The fraction of sp³-hybridized carbons (Fsp3) is 0.579. The highest BCUT2D eigenvalue weighted by Gasteiger charge is 2.32. The fourth-order valence-electron chi connectivity index (χ4n) is 3.11. The van der Waals surface area contributed by atoms with E-state index in [4.69, 9.17) is 0 Å². The van der Waals surface area contributed by atoms with E-state index in [0.29, 0.717) is 43.6 Å². The SMILES string of the molecule is CCCS(=O)(=O)N1CCCC(C(=O)Nc2cc(NC(=O)CC)ccc2C)C1. The molecule has 0 radical (unpaired) electrons. The van der Waals surface area contributed by atoms with E-state index in [-0.39, 0.29) is 30.0 Å². The quantitative estimate of drug-likeness (QED) is 0.742. The molecule has 1 aliphatic rings. The largest absolute Gasteiger partial charge is 0.326 e. The molecule has 1 aromatic rings. The topological polar surface area (TPSA) is 95.6 Å². The monoisotopic (exact) mass is 395 g/mol. The first kappa shape index (κ1) is 21.4. The van der Waals surface area contributed by atoms with E-state index in [9.17, 15) is 18.0 Å². The third-order valence-electron chi connectivity index (χ3n) is 4.71. The molecule has 27 heavy (non-hydrogen) atoms. The third-order valence-corrected chi connectivity index (χ3v) is 6.75. The Labute approximate surface area is 161 Å². The Bertz CT molecular complexity index is 792. The molecule has 1 saturated heterocycles. The van der Waals surface area contributed by atoms with Crippen LogP contribution in [0.5, 0.6) is 0 Å². The van der Waals surface area contributed by atoms with Gasteiger partial charge in [-0.3, -0.25) is 9.59 Å². The van der Waals surface area contributed by atoms with E-state index in [1.54, 1.807) is 19.1 Å². The summed E-state index contributed by atoms with van der Waals surface area (Å²) in [5.74, 6) is -0.549. The number of nitrogens with one attached hydrogen (secondary N) is 2. The molecule has 0 aliphatic carbocycles. The lowest BCUT2D eigenvalue weighted by Gasteiger charge is -2.31. The first-order chi connectivity index (χ1) is 12.8. The molecule has 1 atom stereocenters. The van der Waals surface area contributed by atoms with Gasteiger partial charge in [0.2, 0.25) is 21.8 Å². The van der Waals surface area contributed by atoms with E-state index < -0.39 is 10.0 Å².